The van der Waals surface area contributed by atoms with Gasteiger partial charge in [0.15, 0.2) is 0 Å². The summed E-state index contributed by atoms with van der Waals surface area (Å²) in [5, 5.41) is 3.53. The van der Waals surface area contributed by atoms with Crippen molar-refractivity contribution in [3.8, 4) is 0 Å². The fourth-order valence-electron chi connectivity index (χ4n) is 2.43. The quantitative estimate of drug-likeness (QED) is 0.759. The zero-order valence-corrected chi connectivity index (χ0v) is 11.0. The topological polar surface area (TPSA) is 12.0 Å². The van der Waals surface area contributed by atoms with Gasteiger partial charge >= 0.3 is 0 Å². The minimum Gasteiger partial charge on any atom is -0.306 e. The van der Waals surface area contributed by atoms with E-state index in [9.17, 15) is 0 Å². The summed E-state index contributed by atoms with van der Waals surface area (Å²) in [6.07, 6.45) is 1.06. The standard InChI is InChI=1S/C16H21N/c1-11(2)16-9-15(13(4)10-17-16)14-8-6-5-7-12(14)3/h5-8,16-17H,1,9-10H2,2-4H3. The minimum absolute atomic E-state index is 0.424. The molecule has 0 radical (unpaired) electrons. The molecule has 0 amide bonds. The van der Waals surface area contributed by atoms with E-state index in [1.54, 1.807) is 0 Å². The Labute approximate surface area is 104 Å². The molecule has 1 atom stereocenters. The van der Waals surface area contributed by atoms with Crippen LogP contribution in [-0.2, 0) is 0 Å². The zero-order valence-electron chi connectivity index (χ0n) is 11.0. The van der Waals surface area contributed by atoms with E-state index in [1.165, 1.54) is 27.8 Å². The molecule has 1 aromatic carbocycles. The average Bonchev–Trinajstić information content (AvgIpc) is 2.30. The smallest absolute Gasteiger partial charge is 0.0317 e. The number of nitrogens with one attached hydrogen (secondary N) is 1. The van der Waals surface area contributed by atoms with E-state index in [-0.39, 0.29) is 0 Å². The van der Waals surface area contributed by atoms with E-state index in [1.807, 2.05) is 0 Å². The van der Waals surface area contributed by atoms with Gasteiger partial charge in [0.2, 0.25) is 0 Å². The number of aryl methyl sites for hydroxylation is 1. The molecule has 1 heterocycles. The molecule has 0 fully saturated rings. The van der Waals surface area contributed by atoms with Crippen LogP contribution in [0.3, 0.4) is 0 Å². The highest BCUT2D eigenvalue weighted by atomic mass is 14.9. The summed E-state index contributed by atoms with van der Waals surface area (Å²) < 4.78 is 0. The molecule has 0 spiro atoms. The first-order valence-electron chi connectivity index (χ1n) is 6.23. The predicted molar refractivity (Wildman–Crippen MR) is 75.0 cm³/mol. The monoisotopic (exact) mass is 227 g/mol. The van der Waals surface area contributed by atoms with Crippen LogP contribution >= 0.6 is 0 Å². The van der Waals surface area contributed by atoms with Gasteiger partial charge < -0.3 is 5.32 Å². The first-order valence-corrected chi connectivity index (χ1v) is 6.23. The van der Waals surface area contributed by atoms with Gasteiger partial charge in [-0.3, -0.25) is 0 Å². The Morgan fingerprint density at radius 2 is 2.00 bits per heavy atom. The third-order valence-electron chi connectivity index (χ3n) is 3.60. The second-order valence-corrected chi connectivity index (χ2v) is 5.06. The molecule has 1 aromatic rings. The zero-order chi connectivity index (χ0) is 12.4. The van der Waals surface area contributed by atoms with Crippen molar-refractivity contribution in [2.24, 2.45) is 0 Å². The molecule has 17 heavy (non-hydrogen) atoms. The lowest BCUT2D eigenvalue weighted by Crippen LogP contribution is -2.35. The maximum atomic E-state index is 4.07. The van der Waals surface area contributed by atoms with E-state index >= 15 is 0 Å². The van der Waals surface area contributed by atoms with Crippen molar-refractivity contribution >= 4 is 5.57 Å². The van der Waals surface area contributed by atoms with Gasteiger partial charge in [0, 0.05) is 12.6 Å². The van der Waals surface area contributed by atoms with Gasteiger partial charge in [-0.25, -0.2) is 0 Å². The SMILES string of the molecule is C=C(C)C1CC(c2ccccc2C)=C(C)CN1. The van der Waals surface area contributed by atoms with Crippen LogP contribution in [0.15, 0.2) is 42.0 Å². The number of benzene rings is 1. The number of hydrogen-bond acceptors (Lipinski definition) is 1. The molecule has 0 bridgehead atoms. The van der Waals surface area contributed by atoms with Crippen LogP contribution in [0, 0.1) is 6.92 Å². The summed E-state index contributed by atoms with van der Waals surface area (Å²) in [5.41, 5.74) is 6.94. The van der Waals surface area contributed by atoms with Crippen molar-refractivity contribution in [3.05, 3.63) is 53.1 Å². The van der Waals surface area contributed by atoms with Crippen LogP contribution in [0.5, 0.6) is 0 Å². The second-order valence-electron chi connectivity index (χ2n) is 5.06. The Morgan fingerprint density at radius 3 is 2.65 bits per heavy atom. The Hall–Kier alpha value is -1.34. The third-order valence-corrected chi connectivity index (χ3v) is 3.60. The molecule has 1 unspecified atom stereocenters. The third kappa shape index (κ3) is 2.50. The highest BCUT2D eigenvalue weighted by Gasteiger charge is 2.20. The van der Waals surface area contributed by atoms with Gasteiger partial charge in [-0.15, -0.1) is 0 Å². The summed E-state index contributed by atoms with van der Waals surface area (Å²) in [4.78, 5) is 0. The van der Waals surface area contributed by atoms with Crippen molar-refractivity contribution in [1.82, 2.24) is 5.32 Å². The first-order chi connectivity index (χ1) is 8.09. The van der Waals surface area contributed by atoms with Crippen LogP contribution in [0.25, 0.3) is 5.57 Å². The summed E-state index contributed by atoms with van der Waals surface area (Å²) in [7, 11) is 0. The molecule has 1 aliphatic heterocycles. The van der Waals surface area contributed by atoms with E-state index in [0.29, 0.717) is 6.04 Å². The van der Waals surface area contributed by atoms with Crippen LogP contribution in [0.4, 0.5) is 0 Å². The van der Waals surface area contributed by atoms with E-state index in [2.05, 4.69) is 56.9 Å². The lowest BCUT2D eigenvalue weighted by molar-refractivity contribution is 0.588. The van der Waals surface area contributed by atoms with Crippen molar-refractivity contribution in [1.29, 1.82) is 0 Å². The van der Waals surface area contributed by atoms with Gasteiger partial charge in [-0.2, -0.15) is 0 Å². The molecule has 1 N–H and O–H groups in total. The summed E-state index contributed by atoms with van der Waals surface area (Å²) in [5.74, 6) is 0. The van der Waals surface area contributed by atoms with Crippen LogP contribution in [-0.4, -0.2) is 12.6 Å². The Kier molecular flexibility index (Phi) is 3.49. The molecule has 1 nitrogen and oxygen atoms in total. The van der Waals surface area contributed by atoms with Gasteiger partial charge in [0.1, 0.15) is 0 Å². The van der Waals surface area contributed by atoms with Crippen molar-refractivity contribution in [3.63, 3.8) is 0 Å². The van der Waals surface area contributed by atoms with Crippen LogP contribution < -0.4 is 5.32 Å². The summed E-state index contributed by atoms with van der Waals surface area (Å²) in [6.45, 7) is 11.6. The maximum absolute atomic E-state index is 4.07. The first kappa shape index (κ1) is 12.1. The van der Waals surface area contributed by atoms with Crippen LogP contribution in [0.2, 0.25) is 0 Å². The van der Waals surface area contributed by atoms with Gasteiger partial charge in [0.25, 0.3) is 0 Å². The molecule has 1 heteroatoms. The molecule has 1 aliphatic rings. The minimum atomic E-state index is 0.424. The molecule has 0 saturated heterocycles. The molecule has 2 rings (SSSR count). The van der Waals surface area contributed by atoms with Crippen molar-refractivity contribution in [2.75, 3.05) is 6.54 Å². The van der Waals surface area contributed by atoms with Gasteiger partial charge in [0.05, 0.1) is 0 Å². The average molecular weight is 227 g/mol. The molecular weight excluding hydrogens is 206 g/mol. The molecule has 0 aliphatic carbocycles. The maximum Gasteiger partial charge on any atom is 0.0317 e. The van der Waals surface area contributed by atoms with E-state index < -0.39 is 0 Å². The molecule has 0 saturated carbocycles. The lowest BCUT2D eigenvalue weighted by atomic mass is 9.87. The van der Waals surface area contributed by atoms with Gasteiger partial charge in [-0.1, -0.05) is 42.0 Å². The number of hydrogen-bond donors (Lipinski definition) is 1. The summed E-state index contributed by atoms with van der Waals surface area (Å²) in [6, 6.07) is 9.07. The highest BCUT2D eigenvalue weighted by molar-refractivity contribution is 5.72. The van der Waals surface area contributed by atoms with Crippen LogP contribution in [0.1, 0.15) is 31.4 Å². The fourth-order valence-corrected chi connectivity index (χ4v) is 2.43. The highest BCUT2D eigenvalue weighted by Crippen LogP contribution is 2.30. The molecule has 0 aromatic heterocycles. The summed E-state index contributed by atoms with van der Waals surface area (Å²) >= 11 is 0. The Bertz CT molecular complexity index is 468. The number of rotatable bonds is 2. The van der Waals surface area contributed by atoms with E-state index in [0.717, 1.165) is 13.0 Å². The van der Waals surface area contributed by atoms with Crippen molar-refractivity contribution in [2.45, 2.75) is 33.2 Å². The molecule has 90 valence electrons. The Morgan fingerprint density at radius 1 is 1.29 bits per heavy atom. The lowest BCUT2D eigenvalue weighted by Gasteiger charge is -2.28. The van der Waals surface area contributed by atoms with Crippen molar-refractivity contribution < 1.29 is 0 Å². The largest absolute Gasteiger partial charge is 0.306 e. The second kappa shape index (κ2) is 4.89. The fraction of sp³-hybridized carbons (Fsp3) is 0.375. The van der Waals surface area contributed by atoms with E-state index in [4.69, 9.17) is 0 Å². The van der Waals surface area contributed by atoms with Gasteiger partial charge in [-0.05, 0) is 43.9 Å². The Balaban J connectivity index is 2.37. The normalized spacial score (nSPS) is 20.5. The predicted octanol–water partition coefficient (Wildman–Crippen LogP) is 3.71. The molecular formula is C16H21N.